The van der Waals surface area contributed by atoms with Crippen LogP contribution in [0.3, 0.4) is 0 Å². The molecule has 1 unspecified atom stereocenters. The summed E-state index contributed by atoms with van der Waals surface area (Å²) in [5.41, 5.74) is 6.72. The predicted molar refractivity (Wildman–Crippen MR) is 76.4 cm³/mol. The smallest absolute Gasteiger partial charge is 0.304 e. The molecular formula is C15H15FN2O3. The van der Waals surface area contributed by atoms with Gasteiger partial charge in [0.2, 0.25) is 5.82 Å². The highest BCUT2D eigenvalue weighted by Crippen LogP contribution is 2.20. The molecule has 2 N–H and O–H groups in total. The maximum Gasteiger partial charge on any atom is 0.304 e. The van der Waals surface area contributed by atoms with Gasteiger partial charge < -0.3 is 10.5 Å². The highest BCUT2D eigenvalue weighted by atomic mass is 19.1. The van der Waals surface area contributed by atoms with Crippen molar-refractivity contribution in [3.05, 3.63) is 69.5 Å². The molecule has 6 heteroatoms. The zero-order valence-electron chi connectivity index (χ0n) is 11.5. The minimum atomic E-state index is -0.867. The highest BCUT2D eigenvalue weighted by molar-refractivity contribution is 5.35. The number of nitro groups is 1. The first-order valence-corrected chi connectivity index (χ1v) is 6.38. The number of nitrogens with zero attached hydrogens (tertiary/aromatic N) is 1. The molecule has 2 aromatic rings. The summed E-state index contributed by atoms with van der Waals surface area (Å²) in [6.07, 6.45) is 0. The van der Waals surface area contributed by atoms with Gasteiger partial charge in [0.15, 0.2) is 0 Å². The van der Waals surface area contributed by atoms with Gasteiger partial charge in [0.1, 0.15) is 12.4 Å². The van der Waals surface area contributed by atoms with Crippen molar-refractivity contribution in [1.82, 2.24) is 0 Å². The van der Waals surface area contributed by atoms with Crippen LogP contribution in [0.25, 0.3) is 0 Å². The van der Waals surface area contributed by atoms with Crippen molar-refractivity contribution in [3.63, 3.8) is 0 Å². The Kier molecular flexibility index (Phi) is 4.49. The van der Waals surface area contributed by atoms with Crippen LogP contribution < -0.4 is 10.5 Å². The van der Waals surface area contributed by atoms with E-state index in [1.165, 1.54) is 6.07 Å². The number of ether oxygens (including phenoxy) is 1. The quantitative estimate of drug-likeness (QED) is 0.676. The molecule has 0 saturated carbocycles. The van der Waals surface area contributed by atoms with Crippen LogP contribution in [0, 0.1) is 15.9 Å². The molecule has 0 saturated heterocycles. The van der Waals surface area contributed by atoms with Gasteiger partial charge in [0.05, 0.1) is 4.92 Å². The number of hydrogen-bond donors (Lipinski definition) is 1. The summed E-state index contributed by atoms with van der Waals surface area (Å²) in [6.45, 7) is 2.02. The Labute approximate surface area is 121 Å². The molecule has 2 aromatic carbocycles. The molecule has 0 aliphatic rings. The lowest BCUT2D eigenvalue weighted by atomic mass is 10.1. The van der Waals surface area contributed by atoms with Gasteiger partial charge in [-0.3, -0.25) is 10.1 Å². The normalized spacial score (nSPS) is 12.0. The van der Waals surface area contributed by atoms with Gasteiger partial charge in [-0.1, -0.05) is 12.1 Å². The van der Waals surface area contributed by atoms with Crippen LogP contribution in [-0.4, -0.2) is 4.92 Å². The summed E-state index contributed by atoms with van der Waals surface area (Å²) in [7, 11) is 0. The van der Waals surface area contributed by atoms with Crippen LogP contribution in [0.5, 0.6) is 5.75 Å². The first-order chi connectivity index (χ1) is 9.97. The number of rotatable bonds is 5. The van der Waals surface area contributed by atoms with Gasteiger partial charge in [0.25, 0.3) is 0 Å². The Balaban J connectivity index is 2.03. The largest absolute Gasteiger partial charge is 0.489 e. The van der Waals surface area contributed by atoms with E-state index in [9.17, 15) is 14.5 Å². The minimum Gasteiger partial charge on any atom is -0.489 e. The fourth-order valence-electron chi connectivity index (χ4n) is 1.82. The first-order valence-electron chi connectivity index (χ1n) is 6.38. The van der Waals surface area contributed by atoms with Crippen LogP contribution in [0.15, 0.2) is 42.5 Å². The molecular weight excluding hydrogens is 275 g/mol. The van der Waals surface area contributed by atoms with Crippen molar-refractivity contribution in [2.75, 3.05) is 0 Å². The van der Waals surface area contributed by atoms with Crippen LogP contribution in [0.2, 0.25) is 0 Å². The molecule has 0 heterocycles. The molecule has 0 aliphatic heterocycles. The number of benzene rings is 2. The predicted octanol–water partition coefficient (Wildman–Crippen LogP) is 3.33. The summed E-state index contributed by atoms with van der Waals surface area (Å²) in [5.74, 6) is -0.244. The first kappa shape index (κ1) is 14.9. The van der Waals surface area contributed by atoms with Crippen LogP contribution >= 0.6 is 0 Å². The zero-order chi connectivity index (χ0) is 15.4. The Morgan fingerprint density at radius 1 is 1.29 bits per heavy atom. The van der Waals surface area contributed by atoms with Gasteiger partial charge in [-0.2, -0.15) is 4.39 Å². The van der Waals surface area contributed by atoms with Gasteiger partial charge in [-0.25, -0.2) is 0 Å². The summed E-state index contributed by atoms with van der Waals surface area (Å²) in [6, 6.07) is 10.9. The lowest BCUT2D eigenvalue weighted by molar-refractivity contribution is -0.387. The average molecular weight is 290 g/mol. The third-order valence-electron chi connectivity index (χ3n) is 3.02. The van der Waals surface area contributed by atoms with E-state index < -0.39 is 16.4 Å². The summed E-state index contributed by atoms with van der Waals surface area (Å²) in [4.78, 5) is 9.77. The van der Waals surface area contributed by atoms with Crippen molar-refractivity contribution in [2.24, 2.45) is 5.73 Å². The van der Waals surface area contributed by atoms with Crippen molar-refractivity contribution in [2.45, 2.75) is 19.6 Å². The number of nitro benzene ring substituents is 1. The SMILES string of the molecule is CC(N)c1ccc(OCc2ccc([N+](=O)[O-])c(F)c2)cc1. The maximum absolute atomic E-state index is 13.5. The van der Waals surface area contributed by atoms with E-state index in [-0.39, 0.29) is 12.6 Å². The molecule has 0 aromatic heterocycles. The molecule has 110 valence electrons. The molecule has 1 atom stereocenters. The van der Waals surface area contributed by atoms with Crippen molar-refractivity contribution in [1.29, 1.82) is 0 Å². The van der Waals surface area contributed by atoms with Gasteiger partial charge >= 0.3 is 5.69 Å². The van der Waals surface area contributed by atoms with E-state index in [1.807, 2.05) is 19.1 Å². The van der Waals surface area contributed by atoms with Crippen molar-refractivity contribution < 1.29 is 14.1 Å². The average Bonchev–Trinajstić information content (AvgIpc) is 2.45. The second-order valence-electron chi connectivity index (χ2n) is 4.69. The fourth-order valence-corrected chi connectivity index (χ4v) is 1.82. The van der Waals surface area contributed by atoms with E-state index in [0.717, 1.165) is 17.7 Å². The molecule has 0 spiro atoms. The summed E-state index contributed by atoms with van der Waals surface area (Å²) in [5, 5.41) is 10.5. The number of halogens is 1. The minimum absolute atomic E-state index is 0.0529. The lowest BCUT2D eigenvalue weighted by Gasteiger charge is -2.09. The van der Waals surface area contributed by atoms with Gasteiger partial charge in [-0.05, 0) is 42.3 Å². The molecule has 0 bridgehead atoms. The molecule has 0 fully saturated rings. The summed E-state index contributed by atoms with van der Waals surface area (Å²) < 4.78 is 19.0. The van der Waals surface area contributed by atoms with Crippen LogP contribution in [-0.2, 0) is 6.61 Å². The second kappa shape index (κ2) is 6.32. The van der Waals surface area contributed by atoms with Crippen molar-refractivity contribution >= 4 is 5.69 Å². The maximum atomic E-state index is 13.5. The summed E-state index contributed by atoms with van der Waals surface area (Å²) >= 11 is 0. The second-order valence-corrected chi connectivity index (χ2v) is 4.69. The van der Waals surface area contributed by atoms with Crippen LogP contribution in [0.1, 0.15) is 24.1 Å². The number of hydrogen-bond acceptors (Lipinski definition) is 4. The standard InChI is InChI=1S/C15H15FN2O3/c1-10(17)12-3-5-13(6-4-12)21-9-11-2-7-15(18(19)20)14(16)8-11/h2-8,10H,9,17H2,1H3. The third kappa shape index (κ3) is 3.76. The third-order valence-corrected chi connectivity index (χ3v) is 3.02. The Hall–Kier alpha value is -2.47. The monoisotopic (exact) mass is 290 g/mol. The molecule has 2 rings (SSSR count). The van der Waals surface area contributed by atoms with Gasteiger partial charge in [-0.15, -0.1) is 0 Å². The van der Waals surface area contributed by atoms with E-state index in [4.69, 9.17) is 10.5 Å². The molecule has 0 radical (unpaired) electrons. The lowest BCUT2D eigenvalue weighted by Crippen LogP contribution is -2.04. The van der Waals surface area contributed by atoms with Gasteiger partial charge in [0, 0.05) is 12.1 Å². The molecule has 0 amide bonds. The highest BCUT2D eigenvalue weighted by Gasteiger charge is 2.13. The molecule has 0 aliphatic carbocycles. The Bertz CT molecular complexity index is 642. The Morgan fingerprint density at radius 3 is 2.48 bits per heavy atom. The molecule has 5 nitrogen and oxygen atoms in total. The fraction of sp³-hybridized carbons (Fsp3) is 0.200. The topological polar surface area (TPSA) is 78.4 Å². The van der Waals surface area contributed by atoms with Crippen LogP contribution in [0.4, 0.5) is 10.1 Å². The van der Waals surface area contributed by atoms with E-state index in [2.05, 4.69) is 0 Å². The molecule has 21 heavy (non-hydrogen) atoms. The van der Waals surface area contributed by atoms with E-state index in [0.29, 0.717) is 11.3 Å². The van der Waals surface area contributed by atoms with E-state index in [1.54, 1.807) is 12.1 Å². The Morgan fingerprint density at radius 2 is 1.95 bits per heavy atom. The number of nitrogens with two attached hydrogens (primary N) is 1. The van der Waals surface area contributed by atoms with E-state index >= 15 is 0 Å². The zero-order valence-corrected chi connectivity index (χ0v) is 11.5. The van der Waals surface area contributed by atoms with Crippen molar-refractivity contribution in [3.8, 4) is 5.75 Å².